The van der Waals surface area contributed by atoms with E-state index in [1.807, 2.05) is 18.4 Å². The van der Waals surface area contributed by atoms with E-state index >= 15 is 0 Å². The van der Waals surface area contributed by atoms with E-state index in [0.717, 1.165) is 23.7 Å². The Kier molecular flexibility index (Phi) is 4.34. The first-order valence-electron chi connectivity index (χ1n) is 7.57. The Balaban J connectivity index is 1.99. The van der Waals surface area contributed by atoms with Gasteiger partial charge in [0.25, 0.3) is 0 Å². The molecule has 4 nitrogen and oxygen atoms in total. The number of aromatic nitrogens is 2. The SMILES string of the molecule is CC(C)OC(=O)c1cncn1C1CCCc2ccc(Br)cc21. The average molecular weight is 363 g/mol. The van der Waals surface area contributed by atoms with Gasteiger partial charge < -0.3 is 9.30 Å². The molecule has 1 unspecified atom stereocenters. The number of benzene rings is 1. The molecule has 1 heterocycles. The topological polar surface area (TPSA) is 44.1 Å². The van der Waals surface area contributed by atoms with Crippen molar-refractivity contribution in [1.29, 1.82) is 0 Å². The molecule has 1 atom stereocenters. The molecule has 0 aliphatic heterocycles. The van der Waals surface area contributed by atoms with Crippen molar-refractivity contribution in [2.75, 3.05) is 0 Å². The number of hydrogen-bond acceptors (Lipinski definition) is 3. The van der Waals surface area contributed by atoms with Crippen LogP contribution < -0.4 is 0 Å². The van der Waals surface area contributed by atoms with Gasteiger partial charge >= 0.3 is 5.97 Å². The van der Waals surface area contributed by atoms with Crippen LogP contribution in [0.1, 0.15) is 54.3 Å². The van der Waals surface area contributed by atoms with Crippen LogP contribution in [-0.2, 0) is 11.2 Å². The number of carbonyl (C=O) groups is 1. The van der Waals surface area contributed by atoms with E-state index in [2.05, 4.69) is 39.1 Å². The number of hydrogen-bond donors (Lipinski definition) is 0. The highest BCUT2D eigenvalue weighted by Crippen LogP contribution is 2.35. The first-order valence-corrected chi connectivity index (χ1v) is 8.36. The molecule has 2 aromatic rings. The molecule has 1 aliphatic rings. The van der Waals surface area contributed by atoms with Crippen molar-refractivity contribution in [2.45, 2.75) is 45.3 Å². The third kappa shape index (κ3) is 2.95. The molecule has 3 rings (SSSR count). The van der Waals surface area contributed by atoms with Gasteiger partial charge in [0.2, 0.25) is 0 Å². The molecular formula is C17H19BrN2O2. The highest BCUT2D eigenvalue weighted by atomic mass is 79.9. The zero-order chi connectivity index (χ0) is 15.7. The van der Waals surface area contributed by atoms with Gasteiger partial charge in [-0.25, -0.2) is 9.78 Å². The number of halogens is 1. The van der Waals surface area contributed by atoms with Gasteiger partial charge in [0.1, 0.15) is 5.69 Å². The van der Waals surface area contributed by atoms with Crippen LogP contribution in [0.5, 0.6) is 0 Å². The number of imidazole rings is 1. The van der Waals surface area contributed by atoms with Crippen molar-refractivity contribution in [3.05, 3.63) is 52.0 Å². The highest BCUT2D eigenvalue weighted by Gasteiger charge is 2.26. The second-order valence-corrected chi connectivity index (χ2v) is 6.81. The van der Waals surface area contributed by atoms with Gasteiger partial charge in [-0.3, -0.25) is 0 Å². The minimum atomic E-state index is -0.311. The molecule has 0 saturated heterocycles. The van der Waals surface area contributed by atoms with Crippen LogP contribution in [0.25, 0.3) is 0 Å². The Labute approximate surface area is 138 Å². The molecule has 116 valence electrons. The van der Waals surface area contributed by atoms with Crippen LogP contribution in [0.2, 0.25) is 0 Å². The summed E-state index contributed by atoms with van der Waals surface area (Å²) in [4.78, 5) is 16.4. The molecule has 0 spiro atoms. The predicted molar refractivity (Wildman–Crippen MR) is 88.0 cm³/mol. The Morgan fingerprint density at radius 1 is 1.45 bits per heavy atom. The minimum absolute atomic E-state index is 0.136. The van der Waals surface area contributed by atoms with Gasteiger partial charge in [-0.15, -0.1) is 0 Å². The number of aryl methyl sites for hydroxylation is 1. The normalized spacial score (nSPS) is 17.4. The van der Waals surface area contributed by atoms with Crippen molar-refractivity contribution in [3.63, 3.8) is 0 Å². The number of fused-ring (bicyclic) bond motifs is 1. The Morgan fingerprint density at radius 2 is 2.27 bits per heavy atom. The van der Waals surface area contributed by atoms with E-state index in [-0.39, 0.29) is 18.1 Å². The number of ether oxygens (including phenoxy) is 1. The first-order chi connectivity index (χ1) is 10.6. The Morgan fingerprint density at radius 3 is 3.05 bits per heavy atom. The minimum Gasteiger partial charge on any atom is -0.458 e. The van der Waals surface area contributed by atoms with Crippen LogP contribution in [-0.4, -0.2) is 21.6 Å². The summed E-state index contributed by atoms with van der Waals surface area (Å²) in [6, 6.07) is 6.52. The maximum atomic E-state index is 12.3. The van der Waals surface area contributed by atoms with Gasteiger partial charge in [0.05, 0.1) is 24.7 Å². The van der Waals surface area contributed by atoms with Crippen molar-refractivity contribution in [2.24, 2.45) is 0 Å². The summed E-state index contributed by atoms with van der Waals surface area (Å²) in [5, 5.41) is 0. The van der Waals surface area contributed by atoms with Gasteiger partial charge in [-0.2, -0.15) is 0 Å². The third-order valence-electron chi connectivity index (χ3n) is 3.94. The van der Waals surface area contributed by atoms with E-state index in [0.29, 0.717) is 5.69 Å². The fourth-order valence-electron chi connectivity index (χ4n) is 3.02. The number of nitrogens with zero attached hydrogens (tertiary/aromatic N) is 2. The maximum Gasteiger partial charge on any atom is 0.356 e. The van der Waals surface area contributed by atoms with Crippen LogP contribution in [0, 0.1) is 0 Å². The molecule has 22 heavy (non-hydrogen) atoms. The number of esters is 1. The third-order valence-corrected chi connectivity index (χ3v) is 4.44. The molecule has 0 amide bonds. The summed E-state index contributed by atoms with van der Waals surface area (Å²) in [6.45, 7) is 3.71. The molecule has 0 bridgehead atoms. The standard InChI is InChI=1S/C17H19BrN2O2/c1-11(2)22-17(21)16-9-19-10-20(16)15-5-3-4-12-6-7-13(18)8-14(12)15/h6-11,15H,3-5H2,1-2H3. The molecule has 1 aromatic heterocycles. The van der Waals surface area contributed by atoms with Crippen molar-refractivity contribution in [1.82, 2.24) is 9.55 Å². The molecule has 1 aliphatic carbocycles. The molecule has 0 radical (unpaired) electrons. The summed E-state index contributed by atoms with van der Waals surface area (Å²) in [5.74, 6) is -0.311. The predicted octanol–water partition coefficient (Wildman–Crippen LogP) is 4.14. The lowest BCUT2D eigenvalue weighted by Gasteiger charge is -2.28. The molecule has 5 heteroatoms. The second kappa shape index (κ2) is 6.24. The van der Waals surface area contributed by atoms with E-state index < -0.39 is 0 Å². The zero-order valence-corrected chi connectivity index (χ0v) is 14.3. The summed E-state index contributed by atoms with van der Waals surface area (Å²) in [7, 11) is 0. The Hall–Kier alpha value is -1.62. The van der Waals surface area contributed by atoms with Gasteiger partial charge in [-0.05, 0) is 56.4 Å². The van der Waals surface area contributed by atoms with Gasteiger partial charge in [0, 0.05) is 4.47 Å². The smallest absolute Gasteiger partial charge is 0.356 e. The second-order valence-electron chi connectivity index (χ2n) is 5.89. The summed E-state index contributed by atoms with van der Waals surface area (Å²) in [6.07, 6.45) is 6.38. The summed E-state index contributed by atoms with van der Waals surface area (Å²) < 4.78 is 8.34. The number of carbonyl (C=O) groups excluding carboxylic acids is 1. The Bertz CT molecular complexity index is 694. The molecule has 0 fully saturated rings. The van der Waals surface area contributed by atoms with Crippen LogP contribution >= 0.6 is 15.9 Å². The van der Waals surface area contributed by atoms with E-state index in [9.17, 15) is 4.79 Å². The lowest BCUT2D eigenvalue weighted by molar-refractivity contribution is 0.0363. The number of rotatable bonds is 3. The van der Waals surface area contributed by atoms with E-state index in [4.69, 9.17) is 4.74 Å². The van der Waals surface area contributed by atoms with Crippen LogP contribution in [0.3, 0.4) is 0 Å². The lowest BCUT2D eigenvalue weighted by atomic mass is 9.87. The van der Waals surface area contributed by atoms with E-state index in [1.165, 1.54) is 11.1 Å². The monoisotopic (exact) mass is 362 g/mol. The van der Waals surface area contributed by atoms with Gasteiger partial charge in [0.15, 0.2) is 0 Å². The van der Waals surface area contributed by atoms with E-state index in [1.54, 1.807) is 12.5 Å². The summed E-state index contributed by atoms with van der Waals surface area (Å²) >= 11 is 3.54. The van der Waals surface area contributed by atoms with Crippen LogP contribution in [0.4, 0.5) is 0 Å². The van der Waals surface area contributed by atoms with Gasteiger partial charge in [-0.1, -0.05) is 22.0 Å². The molecule has 0 saturated carbocycles. The fraction of sp³-hybridized carbons (Fsp3) is 0.412. The first kappa shape index (κ1) is 15.3. The van der Waals surface area contributed by atoms with Crippen molar-refractivity contribution >= 4 is 21.9 Å². The van der Waals surface area contributed by atoms with Crippen molar-refractivity contribution < 1.29 is 9.53 Å². The quantitative estimate of drug-likeness (QED) is 0.770. The van der Waals surface area contributed by atoms with Crippen molar-refractivity contribution in [3.8, 4) is 0 Å². The molecule has 1 aromatic carbocycles. The lowest BCUT2D eigenvalue weighted by Crippen LogP contribution is -2.22. The maximum absolute atomic E-state index is 12.3. The largest absolute Gasteiger partial charge is 0.458 e. The summed E-state index contributed by atoms with van der Waals surface area (Å²) in [5.41, 5.74) is 3.13. The molecule has 0 N–H and O–H groups in total. The highest BCUT2D eigenvalue weighted by molar-refractivity contribution is 9.10. The molecular weight excluding hydrogens is 344 g/mol. The van der Waals surface area contributed by atoms with Crippen LogP contribution in [0.15, 0.2) is 35.2 Å². The average Bonchev–Trinajstić information content (AvgIpc) is 2.95. The zero-order valence-electron chi connectivity index (χ0n) is 12.8. The fourth-order valence-corrected chi connectivity index (χ4v) is 3.40.